The third-order valence-electron chi connectivity index (χ3n) is 5.94. The smallest absolute Gasteiger partial charge is 0.255 e. The van der Waals surface area contributed by atoms with Gasteiger partial charge in [0.15, 0.2) is 0 Å². The van der Waals surface area contributed by atoms with E-state index in [1.165, 1.54) is 18.6 Å². The molecule has 1 aliphatic carbocycles. The molecule has 2 fully saturated rings. The summed E-state index contributed by atoms with van der Waals surface area (Å²) < 4.78 is 13.4. The maximum atomic E-state index is 13.5. The third kappa shape index (κ3) is 4.53. The van der Waals surface area contributed by atoms with Gasteiger partial charge in [-0.3, -0.25) is 9.59 Å². The highest BCUT2D eigenvalue weighted by atomic mass is 32.2. The van der Waals surface area contributed by atoms with Crippen LogP contribution in [0.1, 0.15) is 59.0 Å². The molecule has 30 heavy (non-hydrogen) atoms. The summed E-state index contributed by atoms with van der Waals surface area (Å²) in [7, 11) is 0. The monoisotopic (exact) mass is 426 g/mol. The van der Waals surface area contributed by atoms with Crippen molar-refractivity contribution in [3.8, 4) is 0 Å². The van der Waals surface area contributed by atoms with Crippen LogP contribution in [0.5, 0.6) is 0 Å². The predicted molar refractivity (Wildman–Crippen MR) is 118 cm³/mol. The summed E-state index contributed by atoms with van der Waals surface area (Å²) in [6.45, 7) is 1.97. The van der Waals surface area contributed by atoms with Crippen molar-refractivity contribution in [3.05, 3.63) is 71.0 Å². The number of thioether (sulfide) groups is 1. The molecule has 2 aliphatic rings. The number of amides is 2. The molecule has 1 heterocycles. The van der Waals surface area contributed by atoms with Gasteiger partial charge in [-0.1, -0.05) is 49.1 Å². The van der Waals surface area contributed by atoms with Crippen molar-refractivity contribution in [2.45, 2.75) is 56.5 Å². The molecule has 4 rings (SSSR count). The highest BCUT2D eigenvalue weighted by molar-refractivity contribution is 7.99. The molecule has 0 radical (unpaired) electrons. The van der Waals surface area contributed by atoms with Crippen molar-refractivity contribution in [2.75, 3.05) is 5.75 Å². The first-order valence-electron chi connectivity index (χ1n) is 10.6. The topological polar surface area (TPSA) is 49.4 Å². The maximum Gasteiger partial charge on any atom is 0.255 e. The number of carbonyl (C=O) groups is 2. The second-order valence-electron chi connectivity index (χ2n) is 8.18. The fourth-order valence-corrected chi connectivity index (χ4v) is 5.66. The molecule has 2 aromatic rings. The van der Waals surface area contributed by atoms with Crippen molar-refractivity contribution in [2.24, 2.45) is 0 Å². The van der Waals surface area contributed by atoms with Gasteiger partial charge in [-0.05, 0) is 49.6 Å². The van der Waals surface area contributed by atoms with E-state index in [2.05, 4.69) is 5.32 Å². The van der Waals surface area contributed by atoms with Crippen LogP contribution in [0.4, 0.5) is 4.39 Å². The van der Waals surface area contributed by atoms with Gasteiger partial charge in [-0.15, -0.1) is 11.8 Å². The lowest BCUT2D eigenvalue weighted by molar-refractivity contribution is -0.125. The molecule has 0 aromatic heterocycles. The molecule has 6 heteroatoms. The second kappa shape index (κ2) is 9.21. The van der Waals surface area contributed by atoms with E-state index in [4.69, 9.17) is 0 Å². The predicted octanol–water partition coefficient (Wildman–Crippen LogP) is 4.84. The lowest BCUT2D eigenvalue weighted by Gasteiger charge is -2.31. The Hall–Kier alpha value is -2.34. The molecule has 2 atom stereocenters. The van der Waals surface area contributed by atoms with Gasteiger partial charge >= 0.3 is 0 Å². The summed E-state index contributed by atoms with van der Waals surface area (Å²) in [6.07, 6.45) is 5.48. The van der Waals surface area contributed by atoms with Crippen molar-refractivity contribution in [1.82, 2.24) is 10.2 Å². The standard InChI is InChI=1S/C24H27FN2O2S/c1-16-7-9-17(10-8-16)23(29)27-21(22(28)26-20-5-3-2-4-6-20)15-30-24(27)18-11-13-19(25)14-12-18/h7-14,20-21,24H,2-6,15H2,1H3,(H,26,28). The maximum absolute atomic E-state index is 13.5. The average molecular weight is 427 g/mol. The first-order chi connectivity index (χ1) is 14.5. The first-order valence-corrected chi connectivity index (χ1v) is 11.6. The molecule has 2 unspecified atom stereocenters. The first kappa shape index (κ1) is 20.9. The van der Waals surface area contributed by atoms with E-state index in [1.54, 1.807) is 40.9 Å². The van der Waals surface area contributed by atoms with E-state index in [1.807, 2.05) is 19.1 Å². The molecule has 2 aromatic carbocycles. The number of nitrogens with one attached hydrogen (secondary N) is 1. The van der Waals surface area contributed by atoms with Crippen LogP contribution in [0, 0.1) is 12.7 Å². The van der Waals surface area contributed by atoms with Gasteiger partial charge in [0.1, 0.15) is 17.2 Å². The fourth-order valence-electron chi connectivity index (χ4n) is 4.23. The zero-order valence-corrected chi connectivity index (χ0v) is 18.0. The number of nitrogens with zero attached hydrogens (tertiary/aromatic N) is 1. The Labute approximate surface area is 181 Å². The van der Waals surface area contributed by atoms with Gasteiger partial charge in [0.2, 0.25) is 5.91 Å². The normalized spacial score (nSPS) is 22.1. The minimum absolute atomic E-state index is 0.0838. The van der Waals surface area contributed by atoms with Crippen molar-refractivity contribution in [3.63, 3.8) is 0 Å². The minimum atomic E-state index is -0.541. The SMILES string of the molecule is Cc1ccc(C(=O)N2C(C(=O)NC3CCCCC3)CSC2c2ccc(F)cc2)cc1. The minimum Gasteiger partial charge on any atom is -0.352 e. The van der Waals surface area contributed by atoms with E-state index >= 15 is 0 Å². The lowest BCUT2D eigenvalue weighted by atomic mass is 9.95. The quantitative estimate of drug-likeness (QED) is 0.761. The molecular weight excluding hydrogens is 399 g/mol. The molecule has 2 amide bonds. The van der Waals surface area contributed by atoms with Crippen LogP contribution in [0.3, 0.4) is 0 Å². The number of carbonyl (C=O) groups excluding carboxylic acids is 2. The van der Waals surface area contributed by atoms with Gasteiger partial charge in [0, 0.05) is 17.4 Å². The van der Waals surface area contributed by atoms with Crippen LogP contribution in [-0.4, -0.2) is 34.6 Å². The number of hydrogen-bond donors (Lipinski definition) is 1. The summed E-state index contributed by atoms with van der Waals surface area (Å²) >= 11 is 1.56. The molecule has 158 valence electrons. The summed E-state index contributed by atoms with van der Waals surface area (Å²) in [5.41, 5.74) is 2.46. The number of rotatable bonds is 4. The second-order valence-corrected chi connectivity index (χ2v) is 9.29. The fraction of sp³-hybridized carbons (Fsp3) is 0.417. The largest absolute Gasteiger partial charge is 0.352 e. The molecular formula is C24H27FN2O2S. The zero-order chi connectivity index (χ0) is 21.1. The van der Waals surface area contributed by atoms with E-state index in [-0.39, 0.29) is 29.0 Å². The Morgan fingerprint density at radius 1 is 1.00 bits per heavy atom. The highest BCUT2D eigenvalue weighted by Gasteiger charge is 2.43. The van der Waals surface area contributed by atoms with E-state index in [0.717, 1.165) is 36.8 Å². The summed E-state index contributed by atoms with van der Waals surface area (Å²) in [4.78, 5) is 28.3. The number of halogens is 1. The van der Waals surface area contributed by atoms with E-state index in [9.17, 15) is 14.0 Å². The summed E-state index contributed by atoms with van der Waals surface area (Å²) in [6, 6.07) is 13.3. The van der Waals surface area contributed by atoms with Crippen molar-refractivity contribution >= 4 is 23.6 Å². The van der Waals surface area contributed by atoms with Gasteiger partial charge in [-0.2, -0.15) is 0 Å². The van der Waals surface area contributed by atoms with Gasteiger partial charge in [0.05, 0.1) is 0 Å². The summed E-state index contributed by atoms with van der Waals surface area (Å²) in [5, 5.41) is 2.86. The van der Waals surface area contributed by atoms with E-state index in [0.29, 0.717) is 11.3 Å². The Bertz CT molecular complexity index is 894. The van der Waals surface area contributed by atoms with Crippen LogP contribution in [-0.2, 0) is 4.79 Å². The molecule has 1 saturated heterocycles. The van der Waals surface area contributed by atoms with Crippen molar-refractivity contribution in [1.29, 1.82) is 0 Å². The number of hydrogen-bond acceptors (Lipinski definition) is 3. The number of aryl methyl sites for hydroxylation is 1. The zero-order valence-electron chi connectivity index (χ0n) is 17.1. The molecule has 0 bridgehead atoms. The Kier molecular flexibility index (Phi) is 6.42. The van der Waals surface area contributed by atoms with Crippen LogP contribution in [0.2, 0.25) is 0 Å². The molecule has 0 spiro atoms. The average Bonchev–Trinajstić information content (AvgIpc) is 3.20. The van der Waals surface area contributed by atoms with Gasteiger partial charge in [-0.25, -0.2) is 4.39 Å². The Morgan fingerprint density at radius 2 is 1.67 bits per heavy atom. The lowest BCUT2D eigenvalue weighted by Crippen LogP contribution is -2.50. The summed E-state index contributed by atoms with van der Waals surface area (Å²) in [5.74, 6) is -0.0413. The highest BCUT2D eigenvalue weighted by Crippen LogP contribution is 2.42. The molecule has 1 aliphatic heterocycles. The van der Waals surface area contributed by atoms with Crippen LogP contribution in [0.15, 0.2) is 48.5 Å². The van der Waals surface area contributed by atoms with Crippen LogP contribution < -0.4 is 5.32 Å². The Balaban J connectivity index is 1.61. The van der Waals surface area contributed by atoms with E-state index < -0.39 is 6.04 Å². The van der Waals surface area contributed by atoms with Crippen LogP contribution in [0.25, 0.3) is 0 Å². The molecule has 1 N–H and O–H groups in total. The van der Waals surface area contributed by atoms with Gasteiger partial charge < -0.3 is 10.2 Å². The molecule has 1 saturated carbocycles. The number of benzene rings is 2. The van der Waals surface area contributed by atoms with Crippen molar-refractivity contribution < 1.29 is 14.0 Å². The Morgan fingerprint density at radius 3 is 2.33 bits per heavy atom. The van der Waals surface area contributed by atoms with Gasteiger partial charge in [0.25, 0.3) is 5.91 Å². The van der Waals surface area contributed by atoms with Crippen LogP contribution >= 0.6 is 11.8 Å². The molecule has 4 nitrogen and oxygen atoms in total. The third-order valence-corrected chi connectivity index (χ3v) is 7.27.